The summed E-state index contributed by atoms with van der Waals surface area (Å²) in [5.74, 6) is 6.24. The zero-order valence-electron chi connectivity index (χ0n) is 11.8. The molecule has 1 heterocycles. The SMILES string of the molecule is CC(C)c1ccc(C(Cc2ccc(Br)cn2)NN)cc1. The first-order valence-electron chi connectivity index (χ1n) is 6.76. The van der Waals surface area contributed by atoms with Crippen LogP contribution in [-0.2, 0) is 6.42 Å². The molecule has 3 N–H and O–H groups in total. The van der Waals surface area contributed by atoms with E-state index < -0.39 is 0 Å². The molecule has 106 valence electrons. The summed E-state index contributed by atoms with van der Waals surface area (Å²) >= 11 is 3.39. The second-order valence-electron chi connectivity index (χ2n) is 5.21. The van der Waals surface area contributed by atoms with Crippen LogP contribution >= 0.6 is 15.9 Å². The van der Waals surface area contributed by atoms with E-state index in [0.29, 0.717) is 5.92 Å². The molecule has 1 aromatic heterocycles. The van der Waals surface area contributed by atoms with Crippen molar-refractivity contribution in [1.82, 2.24) is 10.4 Å². The van der Waals surface area contributed by atoms with Gasteiger partial charge in [0, 0.05) is 22.8 Å². The van der Waals surface area contributed by atoms with Crippen molar-refractivity contribution in [2.45, 2.75) is 32.2 Å². The fourth-order valence-electron chi connectivity index (χ4n) is 2.12. The Bertz CT molecular complexity index is 535. The van der Waals surface area contributed by atoms with Gasteiger partial charge in [-0.25, -0.2) is 0 Å². The maximum absolute atomic E-state index is 5.69. The lowest BCUT2D eigenvalue weighted by atomic mass is 9.97. The second kappa shape index (κ2) is 6.97. The minimum absolute atomic E-state index is 0.0740. The number of hydrogen-bond donors (Lipinski definition) is 2. The first kappa shape index (κ1) is 15.2. The molecule has 1 atom stereocenters. The van der Waals surface area contributed by atoms with Crippen LogP contribution < -0.4 is 11.3 Å². The maximum atomic E-state index is 5.69. The third-order valence-electron chi connectivity index (χ3n) is 3.41. The van der Waals surface area contributed by atoms with Gasteiger partial charge >= 0.3 is 0 Å². The fraction of sp³-hybridized carbons (Fsp3) is 0.312. The summed E-state index contributed by atoms with van der Waals surface area (Å²) in [6.07, 6.45) is 2.58. The highest BCUT2D eigenvalue weighted by Gasteiger charge is 2.11. The van der Waals surface area contributed by atoms with Gasteiger partial charge in [-0.3, -0.25) is 16.3 Å². The van der Waals surface area contributed by atoms with E-state index >= 15 is 0 Å². The van der Waals surface area contributed by atoms with E-state index in [9.17, 15) is 0 Å². The largest absolute Gasteiger partial charge is 0.271 e. The Kier molecular flexibility index (Phi) is 5.29. The van der Waals surface area contributed by atoms with Gasteiger partial charge in [0.15, 0.2) is 0 Å². The Morgan fingerprint density at radius 1 is 1.10 bits per heavy atom. The van der Waals surface area contributed by atoms with Gasteiger partial charge in [-0.15, -0.1) is 0 Å². The molecule has 0 aliphatic heterocycles. The number of nitrogens with zero attached hydrogens (tertiary/aromatic N) is 1. The molecule has 0 saturated heterocycles. The summed E-state index contributed by atoms with van der Waals surface area (Å²) in [4.78, 5) is 4.39. The Hall–Kier alpha value is -1.23. The molecule has 4 heteroatoms. The first-order valence-corrected chi connectivity index (χ1v) is 7.56. The number of hydrogen-bond acceptors (Lipinski definition) is 3. The van der Waals surface area contributed by atoms with Gasteiger partial charge in [0.05, 0.1) is 6.04 Å². The molecule has 0 fully saturated rings. The molecule has 0 saturated carbocycles. The molecule has 0 bridgehead atoms. The topological polar surface area (TPSA) is 50.9 Å². The van der Waals surface area contributed by atoms with E-state index in [2.05, 4.69) is 64.5 Å². The molecule has 1 unspecified atom stereocenters. The van der Waals surface area contributed by atoms with Gasteiger partial charge in [0.25, 0.3) is 0 Å². The predicted molar refractivity (Wildman–Crippen MR) is 86.2 cm³/mol. The summed E-state index contributed by atoms with van der Waals surface area (Å²) in [5, 5.41) is 0. The van der Waals surface area contributed by atoms with Crippen LogP contribution in [0.1, 0.15) is 42.6 Å². The van der Waals surface area contributed by atoms with Crippen LogP contribution in [0.4, 0.5) is 0 Å². The van der Waals surface area contributed by atoms with Crippen molar-refractivity contribution in [3.05, 3.63) is 63.9 Å². The third-order valence-corrected chi connectivity index (χ3v) is 3.88. The van der Waals surface area contributed by atoms with Crippen molar-refractivity contribution in [2.75, 3.05) is 0 Å². The Morgan fingerprint density at radius 3 is 2.25 bits per heavy atom. The lowest BCUT2D eigenvalue weighted by Gasteiger charge is -2.17. The fourth-order valence-corrected chi connectivity index (χ4v) is 2.36. The number of halogens is 1. The zero-order valence-corrected chi connectivity index (χ0v) is 13.4. The molecule has 0 spiro atoms. The average Bonchev–Trinajstić information content (AvgIpc) is 2.47. The average molecular weight is 334 g/mol. The normalized spacial score (nSPS) is 12.7. The Labute approximate surface area is 128 Å². The smallest absolute Gasteiger partial charge is 0.0515 e. The Balaban J connectivity index is 2.13. The summed E-state index contributed by atoms with van der Waals surface area (Å²) in [5.41, 5.74) is 6.42. The summed E-state index contributed by atoms with van der Waals surface area (Å²) in [6, 6.07) is 12.7. The van der Waals surface area contributed by atoms with E-state index in [0.717, 1.165) is 16.6 Å². The molecule has 0 amide bonds. The van der Waals surface area contributed by atoms with Crippen LogP contribution in [0.15, 0.2) is 47.1 Å². The number of hydrazine groups is 1. The number of benzene rings is 1. The lowest BCUT2D eigenvalue weighted by Crippen LogP contribution is -2.29. The third kappa shape index (κ3) is 3.88. The van der Waals surface area contributed by atoms with Crippen molar-refractivity contribution in [3.8, 4) is 0 Å². The van der Waals surface area contributed by atoms with Gasteiger partial charge in [0.2, 0.25) is 0 Å². The quantitative estimate of drug-likeness (QED) is 0.647. The number of rotatable bonds is 5. The highest BCUT2D eigenvalue weighted by Crippen LogP contribution is 2.21. The van der Waals surface area contributed by atoms with Gasteiger partial charge in [-0.1, -0.05) is 38.1 Å². The van der Waals surface area contributed by atoms with E-state index in [4.69, 9.17) is 5.84 Å². The molecule has 0 aliphatic rings. The van der Waals surface area contributed by atoms with Crippen LogP contribution in [0.2, 0.25) is 0 Å². The van der Waals surface area contributed by atoms with Crippen molar-refractivity contribution >= 4 is 15.9 Å². The highest BCUT2D eigenvalue weighted by atomic mass is 79.9. The van der Waals surface area contributed by atoms with Gasteiger partial charge < -0.3 is 0 Å². The molecule has 0 aliphatic carbocycles. The van der Waals surface area contributed by atoms with E-state index in [1.807, 2.05) is 18.3 Å². The number of pyridine rings is 1. The minimum Gasteiger partial charge on any atom is -0.271 e. The standard InChI is InChI=1S/C16H20BrN3/c1-11(2)12-3-5-13(6-4-12)16(20-18)9-15-8-7-14(17)10-19-15/h3-8,10-11,16,20H,9,18H2,1-2H3. The van der Waals surface area contributed by atoms with Crippen LogP contribution in [0.3, 0.4) is 0 Å². The molecule has 0 radical (unpaired) electrons. The summed E-state index contributed by atoms with van der Waals surface area (Å²) in [7, 11) is 0. The van der Waals surface area contributed by atoms with Gasteiger partial charge in [-0.2, -0.15) is 0 Å². The molecular formula is C16H20BrN3. The molecule has 3 nitrogen and oxygen atoms in total. The predicted octanol–water partition coefficient (Wildman–Crippen LogP) is 3.71. The lowest BCUT2D eigenvalue weighted by molar-refractivity contribution is 0.545. The van der Waals surface area contributed by atoms with Crippen molar-refractivity contribution in [1.29, 1.82) is 0 Å². The van der Waals surface area contributed by atoms with Crippen LogP contribution in [0.5, 0.6) is 0 Å². The van der Waals surface area contributed by atoms with Crippen LogP contribution in [0.25, 0.3) is 0 Å². The van der Waals surface area contributed by atoms with Gasteiger partial charge in [0.1, 0.15) is 0 Å². The molecule has 2 rings (SSSR count). The summed E-state index contributed by atoms with van der Waals surface area (Å²) in [6.45, 7) is 4.39. The molecule has 20 heavy (non-hydrogen) atoms. The highest BCUT2D eigenvalue weighted by molar-refractivity contribution is 9.10. The molecular weight excluding hydrogens is 314 g/mol. The summed E-state index contributed by atoms with van der Waals surface area (Å²) < 4.78 is 0.986. The number of nitrogens with two attached hydrogens (primary N) is 1. The number of aromatic nitrogens is 1. The number of nitrogens with one attached hydrogen (secondary N) is 1. The van der Waals surface area contributed by atoms with Crippen LogP contribution in [-0.4, -0.2) is 4.98 Å². The minimum atomic E-state index is 0.0740. The Morgan fingerprint density at radius 2 is 1.75 bits per heavy atom. The van der Waals surface area contributed by atoms with E-state index in [-0.39, 0.29) is 6.04 Å². The second-order valence-corrected chi connectivity index (χ2v) is 6.13. The zero-order chi connectivity index (χ0) is 14.5. The van der Waals surface area contributed by atoms with E-state index in [1.165, 1.54) is 11.1 Å². The molecule has 2 aromatic rings. The monoisotopic (exact) mass is 333 g/mol. The van der Waals surface area contributed by atoms with Crippen molar-refractivity contribution in [3.63, 3.8) is 0 Å². The van der Waals surface area contributed by atoms with Crippen molar-refractivity contribution in [2.24, 2.45) is 5.84 Å². The van der Waals surface area contributed by atoms with Gasteiger partial charge in [-0.05, 0) is 45.1 Å². The molecule has 1 aromatic carbocycles. The van der Waals surface area contributed by atoms with E-state index in [1.54, 1.807) is 0 Å². The van der Waals surface area contributed by atoms with Crippen LogP contribution in [0, 0.1) is 0 Å². The van der Waals surface area contributed by atoms with Crippen molar-refractivity contribution < 1.29 is 0 Å². The maximum Gasteiger partial charge on any atom is 0.0515 e. The first-order chi connectivity index (χ1) is 9.60.